The van der Waals surface area contributed by atoms with E-state index in [0.29, 0.717) is 11.6 Å². The Balaban J connectivity index is 2.03. The van der Waals surface area contributed by atoms with E-state index in [0.717, 1.165) is 18.8 Å². The van der Waals surface area contributed by atoms with Crippen LogP contribution in [-0.2, 0) is 0 Å². The van der Waals surface area contributed by atoms with Crippen LogP contribution in [0.15, 0.2) is 18.2 Å². The van der Waals surface area contributed by atoms with Gasteiger partial charge in [-0.05, 0) is 44.0 Å². The van der Waals surface area contributed by atoms with Crippen LogP contribution in [0.4, 0.5) is 5.69 Å². The molecule has 1 fully saturated rings. The minimum atomic E-state index is -0.0444. The largest absolute Gasteiger partial charge is 0.383 e. The first-order valence-electron chi connectivity index (χ1n) is 6.50. The normalized spacial score (nSPS) is 18.7. The third kappa shape index (κ3) is 3.01. The summed E-state index contributed by atoms with van der Waals surface area (Å²) in [5.41, 5.74) is 2.91. The van der Waals surface area contributed by atoms with Gasteiger partial charge in [0, 0.05) is 30.9 Å². The highest BCUT2D eigenvalue weighted by Gasteiger charge is 2.14. The highest BCUT2D eigenvalue weighted by atomic mass is 16.1. The van der Waals surface area contributed by atoms with E-state index in [1.54, 1.807) is 7.05 Å². The van der Waals surface area contributed by atoms with Gasteiger partial charge in [0.25, 0.3) is 5.91 Å². The van der Waals surface area contributed by atoms with Crippen molar-refractivity contribution in [1.29, 1.82) is 0 Å². The number of carbonyl (C=O) groups is 1. The van der Waals surface area contributed by atoms with Crippen molar-refractivity contribution in [3.63, 3.8) is 0 Å². The number of hydrogen-bond donors (Lipinski definition) is 3. The third-order valence-electron chi connectivity index (χ3n) is 3.43. The van der Waals surface area contributed by atoms with Crippen LogP contribution in [0.3, 0.4) is 0 Å². The number of rotatable bonds is 4. The standard InChI is InChI=1S/C14H21N3O/c1-10-5-6-11(14(18)15-2)8-13(10)17-9-12-4-3-7-16-12/h5-6,8,12,16-17H,3-4,7,9H2,1-2H3,(H,15,18). The number of benzene rings is 1. The Bertz CT molecular complexity index is 425. The summed E-state index contributed by atoms with van der Waals surface area (Å²) in [5, 5.41) is 9.53. The van der Waals surface area contributed by atoms with Crippen molar-refractivity contribution in [2.75, 3.05) is 25.5 Å². The van der Waals surface area contributed by atoms with Gasteiger partial charge >= 0.3 is 0 Å². The smallest absolute Gasteiger partial charge is 0.251 e. The Morgan fingerprint density at radius 3 is 3.00 bits per heavy atom. The van der Waals surface area contributed by atoms with Crippen molar-refractivity contribution < 1.29 is 4.79 Å². The lowest BCUT2D eigenvalue weighted by atomic mass is 10.1. The van der Waals surface area contributed by atoms with Crippen LogP contribution >= 0.6 is 0 Å². The van der Waals surface area contributed by atoms with E-state index in [1.165, 1.54) is 18.4 Å². The molecule has 0 bridgehead atoms. The van der Waals surface area contributed by atoms with E-state index in [9.17, 15) is 4.79 Å². The van der Waals surface area contributed by atoms with Crippen LogP contribution in [0, 0.1) is 6.92 Å². The summed E-state index contributed by atoms with van der Waals surface area (Å²) in [4.78, 5) is 11.6. The summed E-state index contributed by atoms with van der Waals surface area (Å²) in [6.07, 6.45) is 2.48. The van der Waals surface area contributed by atoms with E-state index >= 15 is 0 Å². The fourth-order valence-corrected chi connectivity index (χ4v) is 2.26. The molecule has 0 saturated carbocycles. The minimum absolute atomic E-state index is 0.0444. The van der Waals surface area contributed by atoms with Gasteiger partial charge in [-0.2, -0.15) is 0 Å². The zero-order valence-electron chi connectivity index (χ0n) is 11.0. The highest BCUT2D eigenvalue weighted by Crippen LogP contribution is 2.17. The molecule has 18 heavy (non-hydrogen) atoms. The number of anilines is 1. The quantitative estimate of drug-likeness (QED) is 0.756. The van der Waals surface area contributed by atoms with Crippen molar-refractivity contribution in [3.05, 3.63) is 29.3 Å². The average molecular weight is 247 g/mol. The van der Waals surface area contributed by atoms with E-state index in [2.05, 4.69) is 22.9 Å². The molecule has 1 heterocycles. The minimum Gasteiger partial charge on any atom is -0.383 e. The van der Waals surface area contributed by atoms with E-state index in [-0.39, 0.29) is 5.91 Å². The van der Waals surface area contributed by atoms with Gasteiger partial charge in [0.1, 0.15) is 0 Å². The van der Waals surface area contributed by atoms with E-state index < -0.39 is 0 Å². The molecule has 1 aromatic carbocycles. The summed E-state index contributed by atoms with van der Waals surface area (Å²) in [5.74, 6) is -0.0444. The molecule has 98 valence electrons. The molecule has 0 aliphatic carbocycles. The first kappa shape index (κ1) is 12.9. The lowest BCUT2D eigenvalue weighted by molar-refractivity contribution is 0.0963. The molecule has 1 aromatic rings. The van der Waals surface area contributed by atoms with Gasteiger partial charge in [0.05, 0.1) is 0 Å². The molecule has 0 aromatic heterocycles. The topological polar surface area (TPSA) is 53.2 Å². The molecule has 2 rings (SSSR count). The molecule has 1 saturated heterocycles. The van der Waals surface area contributed by atoms with Crippen LogP contribution in [0.25, 0.3) is 0 Å². The molecule has 3 N–H and O–H groups in total. The predicted molar refractivity (Wildman–Crippen MR) is 74.1 cm³/mol. The first-order valence-corrected chi connectivity index (χ1v) is 6.50. The fourth-order valence-electron chi connectivity index (χ4n) is 2.26. The SMILES string of the molecule is CNC(=O)c1ccc(C)c(NCC2CCCN2)c1. The van der Waals surface area contributed by atoms with Crippen molar-refractivity contribution in [2.45, 2.75) is 25.8 Å². The maximum absolute atomic E-state index is 11.6. The number of aryl methyl sites for hydroxylation is 1. The zero-order valence-corrected chi connectivity index (χ0v) is 11.0. The second-order valence-corrected chi connectivity index (χ2v) is 4.78. The molecule has 1 amide bonds. The van der Waals surface area contributed by atoms with Gasteiger partial charge in [0.2, 0.25) is 0 Å². The zero-order chi connectivity index (χ0) is 13.0. The maximum atomic E-state index is 11.6. The molecule has 0 radical (unpaired) electrons. The van der Waals surface area contributed by atoms with Gasteiger partial charge in [-0.3, -0.25) is 4.79 Å². The van der Waals surface area contributed by atoms with Gasteiger partial charge in [0.15, 0.2) is 0 Å². The Morgan fingerprint density at radius 1 is 1.50 bits per heavy atom. The van der Waals surface area contributed by atoms with Crippen molar-refractivity contribution >= 4 is 11.6 Å². The van der Waals surface area contributed by atoms with Crippen LogP contribution < -0.4 is 16.0 Å². The van der Waals surface area contributed by atoms with Gasteiger partial charge < -0.3 is 16.0 Å². The second kappa shape index (κ2) is 5.87. The van der Waals surface area contributed by atoms with E-state index in [1.807, 2.05) is 18.2 Å². The number of nitrogens with one attached hydrogen (secondary N) is 3. The molecular formula is C14H21N3O. The average Bonchev–Trinajstić information content (AvgIpc) is 2.90. The summed E-state index contributed by atoms with van der Waals surface area (Å²) in [6.45, 7) is 4.08. The van der Waals surface area contributed by atoms with Crippen LogP contribution in [0.1, 0.15) is 28.8 Å². The number of amides is 1. The summed E-state index contributed by atoms with van der Waals surface area (Å²) in [7, 11) is 1.65. The van der Waals surface area contributed by atoms with Crippen molar-refractivity contribution in [3.8, 4) is 0 Å². The monoisotopic (exact) mass is 247 g/mol. The Kier molecular flexibility index (Phi) is 4.20. The Labute approximate surface area is 108 Å². The molecule has 0 spiro atoms. The maximum Gasteiger partial charge on any atom is 0.251 e. The molecule has 1 aliphatic rings. The molecule has 1 unspecified atom stereocenters. The molecule has 1 aliphatic heterocycles. The Morgan fingerprint density at radius 2 is 2.33 bits per heavy atom. The van der Waals surface area contributed by atoms with E-state index in [4.69, 9.17) is 0 Å². The van der Waals surface area contributed by atoms with Gasteiger partial charge in [-0.15, -0.1) is 0 Å². The van der Waals surface area contributed by atoms with Crippen LogP contribution in [-0.4, -0.2) is 32.1 Å². The third-order valence-corrected chi connectivity index (χ3v) is 3.43. The summed E-state index contributed by atoms with van der Waals surface area (Å²) in [6, 6.07) is 6.30. The number of hydrogen-bond acceptors (Lipinski definition) is 3. The summed E-state index contributed by atoms with van der Waals surface area (Å²) < 4.78 is 0. The lowest BCUT2D eigenvalue weighted by Crippen LogP contribution is -2.29. The molecule has 4 heteroatoms. The molecular weight excluding hydrogens is 226 g/mol. The van der Waals surface area contributed by atoms with Crippen molar-refractivity contribution in [2.24, 2.45) is 0 Å². The molecule has 1 atom stereocenters. The highest BCUT2D eigenvalue weighted by molar-refractivity contribution is 5.95. The Hall–Kier alpha value is -1.55. The van der Waals surface area contributed by atoms with Crippen LogP contribution in [0.2, 0.25) is 0 Å². The van der Waals surface area contributed by atoms with Crippen molar-refractivity contribution in [1.82, 2.24) is 10.6 Å². The van der Waals surface area contributed by atoms with Crippen LogP contribution in [0.5, 0.6) is 0 Å². The summed E-state index contributed by atoms with van der Waals surface area (Å²) >= 11 is 0. The fraction of sp³-hybridized carbons (Fsp3) is 0.500. The second-order valence-electron chi connectivity index (χ2n) is 4.78. The lowest BCUT2D eigenvalue weighted by Gasteiger charge is -2.15. The molecule has 4 nitrogen and oxygen atoms in total. The predicted octanol–water partition coefficient (Wildman–Crippen LogP) is 1.52. The van der Waals surface area contributed by atoms with Gasteiger partial charge in [-0.25, -0.2) is 0 Å². The van der Waals surface area contributed by atoms with Gasteiger partial charge in [-0.1, -0.05) is 6.07 Å². The first-order chi connectivity index (χ1) is 8.70. The number of carbonyl (C=O) groups excluding carboxylic acids is 1.